The van der Waals surface area contributed by atoms with E-state index in [0.717, 1.165) is 37.1 Å². The third-order valence-electron chi connectivity index (χ3n) is 7.56. The van der Waals surface area contributed by atoms with Crippen molar-refractivity contribution in [1.82, 2.24) is 14.8 Å². The predicted octanol–water partition coefficient (Wildman–Crippen LogP) is 4.57. The number of hydrogen-bond donors (Lipinski definition) is 1. The Morgan fingerprint density at radius 3 is 2.46 bits per heavy atom. The molecule has 0 saturated carbocycles. The van der Waals surface area contributed by atoms with E-state index in [1.54, 1.807) is 17.9 Å². The number of aromatic nitrogens is 1. The number of piperidine rings is 1. The first kappa shape index (κ1) is 27.0. The van der Waals surface area contributed by atoms with Gasteiger partial charge in [0.15, 0.2) is 0 Å². The Morgan fingerprint density at radius 1 is 1.14 bits per heavy atom. The van der Waals surface area contributed by atoms with Crippen LogP contribution in [0.15, 0.2) is 36.4 Å². The molecule has 1 aromatic carbocycles. The molecule has 2 aliphatic rings. The van der Waals surface area contributed by atoms with Gasteiger partial charge in [0, 0.05) is 25.2 Å². The summed E-state index contributed by atoms with van der Waals surface area (Å²) in [5.41, 5.74) is 1.43. The van der Waals surface area contributed by atoms with Crippen LogP contribution >= 0.6 is 0 Å². The van der Waals surface area contributed by atoms with Crippen LogP contribution in [0.4, 0.5) is 14.5 Å². The zero-order chi connectivity index (χ0) is 26.7. The predicted molar refractivity (Wildman–Crippen MR) is 138 cm³/mol. The molecule has 2 aromatic rings. The second-order valence-electron chi connectivity index (χ2n) is 10.7. The number of aryl methyl sites for hydroxylation is 1. The van der Waals surface area contributed by atoms with Gasteiger partial charge in [-0.25, -0.2) is 4.98 Å². The van der Waals surface area contributed by atoms with Gasteiger partial charge in [0.1, 0.15) is 11.1 Å². The number of carbonyl (C=O) groups is 2. The molecule has 0 radical (unpaired) electrons. The Labute approximate surface area is 217 Å². The van der Waals surface area contributed by atoms with Crippen LogP contribution in [-0.2, 0) is 15.0 Å². The van der Waals surface area contributed by atoms with Crippen LogP contribution in [0.5, 0.6) is 5.88 Å². The summed E-state index contributed by atoms with van der Waals surface area (Å²) < 4.78 is 30.6. The molecule has 9 heteroatoms. The number of rotatable bonds is 8. The summed E-state index contributed by atoms with van der Waals surface area (Å²) >= 11 is 0. The van der Waals surface area contributed by atoms with Gasteiger partial charge in [-0.15, -0.1) is 0 Å². The molecular formula is C28H36F2N4O3. The highest BCUT2D eigenvalue weighted by molar-refractivity contribution is 6.02. The minimum absolute atomic E-state index is 0.0544. The van der Waals surface area contributed by atoms with Crippen molar-refractivity contribution in [1.29, 1.82) is 0 Å². The normalized spacial score (nSPS) is 18.1. The fourth-order valence-corrected chi connectivity index (χ4v) is 5.34. The van der Waals surface area contributed by atoms with Crippen molar-refractivity contribution in [3.05, 3.63) is 53.2 Å². The lowest BCUT2D eigenvalue weighted by molar-refractivity contribution is -0.145. The van der Waals surface area contributed by atoms with Gasteiger partial charge < -0.3 is 19.9 Å². The molecule has 0 spiro atoms. The highest BCUT2D eigenvalue weighted by Crippen LogP contribution is 2.41. The highest BCUT2D eigenvalue weighted by Gasteiger charge is 2.53. The zero-order valence-electron chi connectivity index (χ0n) is 22.0. The quantitative estimate of drug-likeness (QED) is 0.559. The topological polar surface area (TPSA) is 74.8 Å². The van der Waals surface area contributed by atoms with Crippen LogP contribution in [0.2, 0.25) is 0 Å². The van der Waals surface area contributed by atoms with Gasteiger partial charge in [-0.2, -0.15) is 8.78 Å². The molecule has 200 valence electrons. The zero-order valence-corrected chi connectivity index (χ0v) is 22.0. The molecule has 0 bridgehead atoms. The molecule has 1 aromatic heterocycles. The summed E-state index contributed by atoms with van der Waals surface area (Å²) in [5, 5.41) is 2.79. The lowest BCUT2D eigenvalue weighted by Gasteiger charge is -2.50. The molecule has 0 aliphatic carbocycles. The number of nitrogens with one attached hydrogen (secondary N) is 1. The second kappa shape index (κ2) is 11.1. The number of likely N-dealkylation sites (tertiary alicyclic amines) is 2. The first-order chi connectivity index (χ1) is 17.6. The van der Waals surface area contributed by atoms with E-state index in [4.69, 9.17) is 0 Å². The van der Waals surface area contributed by atoms with Crippen LogP contribution in [0.25, 0.3) is 0 Å². The number of benzene rings is 1. The second-order valence-corrected chi connectivity index (χ2v) is 10.7. The number of pyridine rings is 1. The number of nitrogens with zero attached hydrogens (tertiary/aromatic N) is 3. The molecule has 0 unspecified atom stereocenters. The van der Waals surface area contributed by atoms with Crippen molar-refractivity contribution in [3.63, 3.8) is 0 Å². The molecule has 3 heterocycles. The number of halogens is 2. The number of hydrogen-bond acceptors (Lipinski definition) is 5. The SMILES string of the molecule is Cc1ccc(NC(=O)C2(c3ccccc3C(C)C)CN(C(=O)CC3CCN(C)CC3)C2)c(OC(F)F)n1. The minimum Gasteiger partial charge on any atom is -0.415 e. The lowest BCUT2D eigenvalue weighted by Crippen LogP contribution is -2.66. The standard InChI is InChI=1S/C28H36F2N4O3/c1-18(2)21-7-5-6-8-22(21)28(16-34(17-28)24(35)15-20-11-13-33(4)14-12-20)26(36)32-23-10-9-19(3)31-25(23)37-27(29)30/h5-10,18,20,27H,11-17H2,1-4H3,(H,32,36). The summed E-state index contributed by atoms with van der Waals surface area (Å²) in [6.07, 6.45) is 2.46. The number of amides is 2. The van der Waals surface area contributed by atoms with Gasteiger partial charge >= 0.3 is 6.61 Å². The first-order valence-electron chi connectivity index (χ1n) is 12.9. The van der Waals surface area contributed by atoms with E-state index < -0.39 is 12.0 Å². The van der Waals surface area contributed by atoms with Gasteiger partial charge in [0.25, 0.3) is 0 Å². The molecule has 2 aliphatic heterocycles. The van der Waals surface area contributed by atoms with Crippen LogP contribution in [0, 0.1) is 12.8 Å². The summed E-state index contributed by atoms with van der Waals surface area (Å²) in [6, 6.07) is 10.9. The molecule has 1 N–H and O–H groups in total. The highest BCUT2D eigenvalue weighted by atomic mass is 19.3. The van der Waals surface area contributed by atoms with Crippen molar-refractivity contribution in [2.45, 2.75) is 58.0 Å². The molecule has 7 nitrogen and oxygen atoms in total. The number of anilines is 1. The van der Waals surface area contributed by atoms with Gasteiger partial charge in [-0.05, 0) is 75.0 Å². The maximum atomic E-state index is 13.9. The third kappa shape index (κ3) is 5.92. The largest absolute Gasteiger partial charge is 0.415 e. The van der Waals surface area contributed by atoms with E-state index in [1.807, 2.05) is 24.3 Å². The van der Waals surface area contributed by atoms with Crippen molar-refractivity contribution in [3.8, 4) is 5.88 Å². The van der Waals surface area contributed by atoms with E-state index in [9.17, 15) is 18.4 Å². The van der Waals surface area contributed by atoms with Gasteiger partial charge in [-0.3, -0.25) is 9.59 Å². The Balaban J connectivity index is 1.59. The maximum Gasteiger partial charge on any atom is 0.388 e. The summed E-state index contributed by atoms with van der Waals surface area (Å²) in [6.45, 7) is 5.15. The fraction of sp³-hybridized carbons (Fsp3) is 0.536. The molecule has 2 amide bonds. The van der Waals surface area contributed by atoms with E-state index in [1.165, 1.54) is 6.07 Å². The minimum atomic E-state index is -3.07. The summed E-state index contributed by atoms with van der Waals surface area (Å²) in [5.74, 6) is -0.135. The molecule has 2 fully saturated rings. The Morgan fingerprint density at radius 2 is 1.81 bits per heavy atom. The number of carbonyl (C=O) groups excluding carboxylic acids is 2. The lowest BCUT2D eigenvalue weighted by atomic mass is 9.69. The van der Waals surface area contributed by atoms with Crippen LogP contribution in [0.3, 0.4) is 0 Å². The first-order valence-corrected chi connectivity index (χ1v) is 12.9. The van der Waals surface area contributed by atoms with Gasteiger partial charge in [0.05, 0.1) is 0 Å². The summed E-state index contributed by atoms with van der Waals surface area (Å²) in [4.78, 5) is 35.1. The number of ether oxygens (including phenoxy) is 1. The average Bonchev–Trinajstić information content (AvgIpc) is 2.81. The van der Waals surface area contributed by atoms with E-state index in [0.29, 0.717) is 18.0 Å². The molecular weight excluding hydrogens is 478 g/mol. The summed E-state index contributed by atoms with van der Waals surface area (Å²) in [7, 11) is 2.09. The van der Waals surface area contributed by atoms with Crippen LogP contribution in [0.1, 0.15) is 55.8 Å². The maximum absolute atomic E-state index is 13.9. The Hall–Kier alpha value is -3.07. The average molecular weight is 515 g/mol. The van der Waals surface area contributed by atoms with Gasteiger partial charge in [-0.1, -0.05) is 38.1 Å². The monoisotopic (exact) mass is 514 g/mol. The van der Waals surface area contributed by atoms with E-state index in [-0.39, 0.29) is 42.4 Å². The van der Waals surface area contributed by atoms with Crippen LogP contribution in [-0.4, -0.2) is 66.4 Å². The van der Waals surface area contributed by atoms with E-state index >= 15 is 0 Å². The third-order valence-corrected chi connectivity index (χ3v) is 7.56. The van der Waals surface area contributed by atoms with Crippen molar-refractivity contribution >= 4 is 17.5 Å². The van der Waals surface area contributed by atoms with E-state index in [2.05, 4.69) is 40.8 Å². The molecule has 4 rings (SSSR count). The van der Waals surface area contributed by atoms with Crippen molar-refractivity contribution in [2.24, 2.45) is 5.92 Å². The molecule has 0 atom stereocenters. The fourth-order valence-electron chi connectivity index (χ4n) is 5.34. The Bertz CT molecular complexity index is 1130. The number of alkyl halides is 2. The molecule has 37 heavy (non-hydrogen) atoms. The van der Waals surface area contributed by atoms with Crippen molar-refractivity contribution < 1.29 is 23.1 Å². The van der Waals surface area contributed by atoms with Gasteiger partial charge in [0.2, 0.25) is 17.7 Å². The smallest absolute Gasteiger partial charge is 0.388 e. The van der Waals surface area contributed by atoms with Crippen molar-refractivity contribution in [2.75, 3.05) is 38.5 Å². The molecule has 2 saturated heterocycles. The Kier molecular flexibility index (Phi) is 8.11. The van der Waals surface area contributed by atoms with Crippen LogP contribution < -0.4 is 10.1 Å².